The molecule has 3 saturated heterocycles. The lowest BCUT2D eigenvalue weighted by Crippen LogP contribution is -2.60. The molecule has 5 rings (SSSR count). The molecule has 0 radical (unpaired) electrons. The Balaban J connectivity index is 1.19. The number of carbonyl (C=O) groups excluding carboxylic acids is 3. The second-order valence-corrected chi connectivity index (χ2v) is 11.4. The molecule has 0 spiro atoms. The van der Waals surface area contributed by atoms with Crippen molar-refractivity contribution >= 4 is 28.0 Å². The van der Waals surface area contributed by atoms with E-state index >= 15 is 0 Å². The van der Waals surface area contributed by atoms with E-state index in [0.29, 0.717) is 0 Å². The molecule has 5 atom stereocenters. The van der Waals surface area contributed by atoms with Gasteiger partial charge in [-0.05, 0) is 18.4 Å². The molecule has 1 saturated carbocycles. The summed E-state index contributed by atoms with van der Waals surface area (Å²) in [5.41, 5.74) is 1.10. The summed E-state index contributed by atoms with van der Waals surface area (Å²) in [6.45, 7) is 0.349. The summed E-state index contributed by atoms with van der Waals surface area (Å²) < 4.78 is 38.9. The number of alkyl halides is 1. The monoisotopic (exact) mass is 493 g/mol. The first kappa shape index (κ1) is 23.0. The van der Waals surface area contributed by atoms with Crippen molar-refractivity contribution in [2.45, 2.75) is 43.1 Å². The lowest BCUT2D eigenvalue weighted by atomic mass is 10.1. The van der Waals surface area contributed by atoms with Crippen LogP contribution in [0.4, 0.5) is 14.0 Å². The zero-order valence-electron chi connectivity index (χ0n) is 18.8. The summed E-state index contributed by atoms with van der Waals surface area (Å²) in [6, 6.07) is 7.26. The van der Waals surface area contributed by atoms with E-state index in [9.17, 15) is 27.2 Å². The zero-order valence-corrected chi connectivity index (χ0v) is 19.7. The quantitative estimate of drug-likeness (QED) is 0.617. The molecule has 184 valence electrons. The molecule has 1 aromatic carbocycles. The topological polar surface area (TPSA) is 110 Å². The number of halogens is 1. The normalized spacial score (nSPS) is 32.1. The minimum atomic E-state index is -3.49. The van der Waals surface area contributed by atoms with Gasteiger partial charge in [0, 0.05) is 38.1 Å². The van der Waals surface area contributed by atoms with Gasteiger partial charge in [0.25, 0.3) is 5.91 Å². The molecule has 0 bridgehead atoms. The summed E-state index contributed by atoms with van der Waals surface area (Å²) in [7, 11) is -3.49. The lowest BCUT2D eigenvalue weighted by molar-refractivity contribution is -0.129. The first-order chi connectivity index (χ1) is 16.1. The highest BCUT2D eigenvalue weighted by molar-refractivity contribution is 7.88. The van der Waals surface area contributed by atoms with E-state index in [0.717, 1.165) is 22.5 Å². The van der Waals surface area contributed by atoms with Gasteiger partial charge in [-0.25, -0.2) is 22.4 Å². The van der Waals surface area contributed by atoms with Crippen LogP contribution in [-0.2, 0) is 14.8 Å². The fraction of sp³-hybridized carbons (Fsp3) is 0.591. The number of carbonyl (C=O) groups is 3. The molecule has 2 unspecified atom stereocenters. The van der Waals surface area contributed by atoms with Crippen LogP contribution in [0.15, 0.2) is 30.3 Å². The molecule has 5 amide bonds. The predicted octanol–water partition coefficient (Wildman–Crippen LogP) is 0.573. The van der Waals surface area contributed by atoms with E-state index < -0.39 is 34.3 Å². The Kier molecular flexibility index (Phi) is 5.75. The van der Waals surface area contributed by atoms with Crippen LogP contribution >= 0.6 is 0 Å². The van der Waals surface area contributed by atoms with Gasteiger partial charge in [0.05, 0.1) is 18.8 Å². The Hall–Kier alpha value is -2.73. The fourth-order valence-electron chi connectivity index (χ4n) is 5.22. The van der Waals surface area contributed by atoms with E-state index in [1.807, 2.05) is 30.3 Å². The van der Waals surface area contributed by atoms with Crippen LogP contribution in [-0.4, -0.2) is 109 Å². The number of amides is 5. The highest BCUT2D eigenvalue weighted by atomic mass is 32.2. The average molecular weight is 494 g/mol. The third kappa shape index (κ3) is 4.13. The van der Waals surface area contributed by atoms with Crippen molar-refractivity contribution in [3.05, 3.63) is 35.9 Å². The average Bonchev–Trinajstić information content (AvgIpc) is 3.55. The van der Waals surface area contributed by atoms with Crippen LogP contribution in [0, 0.1) is 0 Å². The maximum atomic E-state index is 14.6. The molecule has 1 N–H and O–H groups in total. The SMILES string of the molecule is CS(=O)(=O)N1CCC(NC(=O)N2CCN3C(=O)N([C@H]4C[C@@H]4c4ccccc4)C(=O)[C@@H]3C2)C(F)C1. The van der Waals surface area contributed by atoms with Gasteiger partial charge in [-0.3, -0.25) is 9.69 Å². The molecule has 4 aliphatic rings. The van der Waals surface area contributed by atoms with Crippen LogP contribution in [0.1, 0.15) is 24.3 Å². The number of imide groups is 1. The van der Waals surface area contributed by atoms with Gasteiger partial charge in [0.2, 0.25) is 10.0 Å². The number of nitrogens with zero attached hydrogens (tertiary/aromatic N) is 4. The van der Waals surface area contributed by atoms with Crippen molar-refractivity contribution in [3.8, 4) is 0 Å². The van der Waals surface area contributed by atoms with Crippen molar-refractivity contribution < 1.29 is 27.2 Å². The summed E-state index contributed by atoms with van der Waals surface area (Å²) in [4.78, 5) is 43.2. The van der Waals surface area contributed by atoms with Crippen molar-refractivity contribution in [3.63, 3.8) is 0 Å². The van der Waals surface area contributed by atoms with Crippen molar-refractivity contribution in [2.24, 2.45) is 0 Å². The standard InChI is InChI=1S/C22H28FN5O5S/c1-34(32,33)26-8-7-17(16(23)12-26)24-21(30)25-9-10-27-19(13-25)20(29)28(22(27)31)18-11-15(18)14-5-3-2-4-6-14/h2-6,15-19H,7-13H2,1H3,(H,24,30)/t15-,16?,17?,18+,19+/m1/s1. The Bertz CT molecular complexity index is 1100. The number of hydrogen-bond acceptors (Lipinski definition) is 5. The van der Waals surface area contributed by atoms with Crippen molar-refractivity contribution in [1.29, 1.82) is 0 Å². The number of hydrogen-bond donors (Lipinski definition) is 1. The minimum Gasteiger partial charge on any atom is -0.332 e. The second kappa shape index (κ2) is 8.49. The van der Waals surface area contributed by atoms with E-state index in [1.54, 1.807) is 0 Å². The molecular weight excluding hydrogens is 465 g/mol. The van der Waals surface area contributed by atoms with Crippen LogP contribution in [0.25, 0.3) is 0 Å². The number of nitrogens with one attached hydrogen (secondary N) is 1. The van der Waals surface area contributed by atoms with Gasteiger partial charge in [-0.15, -0.1) is 0 Å². The van der Waals surface area contributed by atoms with Gasteiger partial charge in [-0.2, -0.15) is 4.31 Å². The van der Waals surface area contributed by atoms with E-state index in [-0.39, 0.29) is 63.0 Å². The number of piperidine rings is 1. The van der Waals surface area contributed by atoms with Crippen LogP contribution in [0.3, 0.4) is 0 Å². The molecule has 1 aliphatic carbocycles. The fourth-order valence-corrected chi connectivity index (χ4v) is 6.07. The maximum absolute atomic E-state index is 14.6. The molecule has 10 nitrogen and oxygen atoms in total. The van der Waals surface area contributed by atoms with Gasteiger partial charge in [-0.1, -0.05) is 30.3 Å². The van der Waals surface area contributed by atoms with Crippen LogP contribution < -0.4 is 5.32 Å². The molecule has 3 heterocycles. The third-order valence-corrected chi connectivity index (χ3v) is 8.51. The molecular formula is C22H28FN5O5S. The third-order valence-electron chi connectivity index (χ3n) is 7.24. The summed E-state index contributed by atoms with van der Waals surface area (Å²) in [6.07, 6.45) is 0.405. The molecule has 1 aromatic rings. The molecule has 12 heteroatoms. The van der Waals surface area contributed by atoms with Gasteiger partial charge in [0.1, 0.15) is 12.2 Å². The highest BCUT2D eigenvalue weighted by Crippen LogP contribution is 2.46. The smallest absolute Gasteiger partial charge is 0.327 e. The first-order valence-corrected chi connectivity index (χ1v) is 13.3. The molecule has 34 heavy (non-hydrogen) atoms. The van der Waals surface area contributed by atoms with E-state index in [2.05, 4.69) is 5.32 Å². The Morgan fingerprint density at radius 2 is 1.82 bits per heavy atom. The van der Waals surface area contributed by atoms with Gasteiger partial charge in [0.15, 0.2) is 0 Å². The maximum Gasteiger partial charge on any atom is 0.327 e. The number of sulfonamides is 1. The Morgan fingerprint density at radius 1 is 1.09 bits per heavy atom. The van der Waals surface area contributed by atoms with Crippen molar-refractivity contribution in [1.82, 2.24) is 24.3 Å². The molecule has 0 aromatic heterocycles. The second-order valence-electron chi connectivity index (χ2n) is 9.45. The zero-order chi connectivity index (χ0) is 24.2. The number of fused-ring (bicyclic) bond motifs is 1. The number of benzene rings is 1. The van der Waals surface area contributed by atoms with Gasteiger partial charge < -0.3 is 15.1 Å². The Labute approximate surface area is 197 Å². The Morgan fingerprint density at radius 3 is 2.50 bits per heavy atom. The molecule has 4 fully saturated rings. The first-order valence-electron chi connectivity index (χ1n) is 11.5. The summed E-state index contributed by atoms with van der Waals surface area (Å²) in [5.74, 6) is -0.162. The molecule has 3 aliphatic heterocycles. The highest BCUT2D eigenvalue weighted by Gasteiger charge is 2.56. The summed E-state index contributed by atoms with van der Waals surface area (Å²) in [5, 5.41) is 2.65. The largest absolute Gasteiger partial charge is 0.332 e. The van der Waals surface area contributed by atoms with E-state index in [4.69, 9.17) is 0 Å². The van der Waals surface area contributed by atoms with Gasteiger partial charge >= 0.3 is 12.1 Å². The number of urea groups is 2. The number of rotatable bonds is 4. The summed E-state index contributed by atoms with van der Waals surface area (Å²) >= 11 is 0. The predicted molar refractivity (Wildman–Crippen MR) is 120 cm³/mol. The van der Waals surface area contributed by atoms with Crippen molar-refractivity contribution in [2.75, 3.05) is 39.0 Å². The minimum absolute atomic E-state index is 0.0504. The number of piperazine rings is 1. The van der Waals surface area contributed by atoms with Crippen LogP contribution in [0.2, 0.25) is 0 Å². The lowest BCUT2D eigenvalue weighted by Gasteiger charge is -2.38. The van der Waals surface area contributed by atoms with E-state index in [1.165, 1.54) is 14.7 Å². The van der Waals surface area contributed by atoms with Crippen LogP contribution in [0.5, 0.6) is 0 Å².